The van der Waals surface area contributed by atoms with Crippen molar-refractivity contribution >= 4 is 32.3 Å². The van der Waals surface area contributed by atoms with Crippen molar-refractivity contribution in [1.82, 2.24) is 9.97 Å². The summed E-state index contributed by atoms with van der Waals surface area (Å²) >= 11 is 1.39. The summed E-state index contributed by atoms with van der Waals surface area (Å²) in [5.41, 5.74) is 2.88. The van der Waals surface area contributed by atoms with Gasteiger partial charge in [0.15, 0.2) is 10.2 Å². The molecule has 0 fully saturated rings. The number of aromatic nitrogens is 2. The molecule has 0 radical (unpaired) electrons. The number of sulfonamides is 1. The van der Waals surface area contributed by atoms with Crippen LogP contribution in [0.15, 0.2) is 71.5 Å². The smallest absolute Gasteiger partial charge is 0.281 e. The number of rotatable bonds is 4. The summed E-state index contributed by atoms with van der Waals surface area (Å²) < 4.78 is 36.0. The molecule has 7 nitrogen and oxygen atoms in total. The average molecular weight is 607 g/mol. The summed E-state index contributed by atoms with van der Waals surface area (Å²) in [5.74, 6) is 1.49. The molecule has 3 heterocycles. The van der Waals surface area contributed by atoms with Crippen molar-refractivity contribution in [3.63, 3.8) is 0 Å². The van der Waals surface area contributed by atoms with Crippen LogP contribution in [0.25, 0.3) is 11.3 Å². The molecule has 42 heavy (non-hydrogen) atoms. The monoisotopic (exact) mass is 606 g/mol. The third-order valence-electron chi connectivity index (χ3n) is 7.75. The first-order chi connectivity index (χ1) is 20.0. The molecule has 0 saturated carbocycles. The van der Waals surface area contributed by atoms with Crippen LogP contribution in [0, 0.1) is 5.41 Å². The third-order valence-corrected chi connectivity index (χ3v) is 10.4. The Morgan fingerprint density at radius 3 is 2.67 bits per heavy atom. The molecule has 9 heteroatoms. The van der Waals surface area contributed by atoms with Gasteiger partial charge in [-0.25, -0.2) is 9.97 Å². The Morgan fingerprint density at radius 1 is 1.02 bits per heavy atom. The van der Waals surface area contributed by atoms with Crippen molar-refractivity contribution in [1.29, 1.82) is 0 Å². The van der Waals surface area contributed by atoms with E-state index in [0.29, 0.717) is 24.0 Å². The fraction of sp³-hybridized carbons (Fsp3) is 0.455. The van der Waals surface area contributed by atoms with Crippen LogP contribution in [0.3, 0.4) is 0 Å². The molecule has 2 aromatic heterocycles. The molecule has 1 atom stereocenters. The molecule has 3 aromatic rings. The average Bonchev–Trinajstić information content (AvgIpc) is 3.36. The minimum absolute atomic E-state index is 0.0308. The van der Waals surface area contributed by atoms with Gasteiger partial charge in [0.2, 0.25) is 0 Å². The van der Waals surface area contributed by atoms with Gasteiger partial charge >= 0.3 is 0 Å². The summed E-state index contributed by atoms with van der Waals surface area (Å²) in [6.45, 7) is 10.2. The predicted octanol–water partition coefficient (Wildman–Crippen LogP) is 8.09. The first-order valence-electron chi connectivity index (χ1n) is 14.9. The number of nitrogens with one attached hydrogen (secondary N) is 2. The minimum Gasteiger partial charge on any atom is -0.498 e. The lowest BCUT2D eigenvalue weighted by Gasteiger charge is -2.30. The zero-order chi connectivity index (χ0) is 29.8. The maximum atomic E-state index is 13.5. The fourth-order valence-corrected chi connectivity index (χ4v) is 7.64. The number of anilines is 2. The fourth-order valence-electron chi connectivity index (χ4n) is 5.33. The van der Waals surface area contributed by atoms with E-state index in [0.717, 1.165) is 67.0 Å². The van der Waals surface area contributed by atoms with Gasteiger partial charge < -0.3 is 10.1 Å². The Hall–Kier alpha value is -3.17. The lowest BCUT2D eigenvalue weighted by molar-refractivity contribution is 0.156. The second kappa shape index (κ2) is 12.6. The summed E-state index contributed by atoms with van der Waals surface area (Å²) in [5, 5.41) is 3.58. The number of fused-ring (bicyclic) bond motifs is 6. The van der Waals surface area contributed by atoms with E-state index < -0.39 is 15.4 Å². The van der Waals surface area contributed by atoms with Crippen molar-refractivity contribution in [3.05, 3.63) is 76.9 Å². The second-order valence-electron chi connectivity index (χ2n) is 12.7. The van der Waals surface area contributed by atoms with Gasteiger partial charge in [0.25, 0.3) is 10.0 Å². The number of hydrogen-bond donors (Lipinski definition) is 2. The molecule has 5 rings (SSSR count). The first-order valence-corrected chi connectivity index (χ1v) is 17.2. The molecule has 224 valence electrons. The minimum atomic E-state index is -3.95. The summed E-state index contributed by atoms with van der Waals surface area (Å²) in [6.07, 6.45) is 13.1. The SMILES string of the molecule is CC(C)(C)CCOC1=CC=CC(C)(c2sc3nc2-c2ccccc2CCCCCCNc2cccc(n2)S(=O)(=O)N3)C1. The quantitative estimate of drug-likeness (QED) is 0.312. The van der Waals surface area contributed by atoms with E-state index >= 15 is 0 Å². The van der Waals surface area contributed by atoms with E-state index in [1.54, 1.807) is 12.1 Å². The van der Waals surface area contributed by atoms with Gasteiger partial charge in [0.05, 0.1) is 18.1 Å². The van der Waals surface area contributed by atoms with Crippen molar-refractivity contribution in [2.45, 2.75) is 83.1 Å². The molecular formula is C33H42N4O3S2. The van der Waals surface area contributed by atoms with Crippen molar-refractivity contribution in [2.75, 3.05) is 23.2 Å². The molecule has 2 N–H and O–H groups in total. The zero-order valence-corrected chi connectivity index (χ0v) is 26.7. The third kappa shape index (κ3) is 7.42. The topological polar surface area (TPSA) is 93.2 Å². The molecule has 0 spiro atoms. The van der Waals surface area contributed by atoms with E-state index in [4.69, 9.17) is 9.72 Å². The summed E-state index contributed by atoms with van der Waals surface area (Å²) in [4.78, 5) is 10.4. The van der Waals surface area contributed by atoms with Crippen LogP contribution in [0.5, 0.6) is 0 Å². The van der Waals surface area contributed by atoms with Crippen LogP contribution in [0.4, 0.5) is 10.9 Å². The van der Waals surface area contributed by atoms with E-state index in [1.807, 2.05) is 12.1 Å². The largest absolute Gasteiger partial charge is 0.498 e. The molecule has 4 bridgehead atoms. The second-order valence-corrected chi connectivity index (χ2v) is 15.3. The predicted molar refractivity (Wildman–Crippen MR) is 172 cm³/mol. The first kappa shape index (κ1) is 30.3. The number of pyridine rings is 1. The number of thiazole rings is 1. The van der Waals surface area contributed by atoms with E-state index in [1.165, 1.54) is 23.0 Å². The molecule has 1 aliphatic carbocycles. The molecule has 1 aromatic carbocycles. The van der Waals surface area contributed by atoms with Gasteiger partial charge in [-0.15, -0.1) is 0 Å². The van der Waals surface area contributed by atoms with Crippen LogP contribution in [-0.2, 0) is 26.6 Å². The standard InChI is InChI=1S/C33H42N4O3S2/c1-32(2,3)20-22-40-25-15-12-19-33(4,23-25)30-29-26-16-9-8-14-24(26)13-7-5-6-10-21-34-27-17-11-18-28(35-27)42(38,39)37-31(36-29)41-30/h8-9,11-12,14-19H,5-7,10,13,20-23H2,1-4H3,(H,34,35)(H,36,37). The number of hydrogen-bond acceptors (Lipinski definition) is 7. The summed E-state index contributed by atoms with van der Waals surface area (Å²) in [6, 6.07) is 13.4. The van der Waals surface area contributed by atoms with Crippen LogP contribution in [0.1, 0.15) is 76.7 Å². The maximum Gasteiger partial charge on any atom is 0.281 e. The van der Waals surface area contributed by atoms with Crippen LogP contribution in [-0.4, -0.2) is 31.5 Å². The van der Waals surface area contributed by atoms with Gasteiger partial charge in [-0.3, -0.25) is 4.72 Å². The van der Waals surface area contributed by atoms with Gasteiger partial charge in [0.1, 0.15) is 5.82 Å². The van der Waals surface area contributed by atoms with Crippen molar-refractivity contribution in [3.8, 4) is 11.3 Å². The lowest BCUT2D eigenvalue weighted by Crippen LogP contribution is -2.23. The highest BCUT2D eigenvalue weighted by molar-refractivity contribution is 7.92. The highest BCUT2D eigenvalue weighted by Crippen LogP contribution is 2.46. The van der Waals surface area contributed by atoms with E-state index in [2.05, 4.69) is 73.1 Å². The van der Waals surface area contributed by atoms with Crippen LogP contribution in [0.2, 0.25) is 0 Å². The van der Waals surface area contributed by atoms with Crippen molar-refractivity contribution < 1.29 is 13.2 Å². The van der Waals surface area contributed by atoms with Crippen LogP contribution >= 0.6 is 11.3 Å². The van der Waals surface area contributed by atoms with Gasteiger partial charge in [-0.05, 0) is 54.9 Å². The number of benzene rings is 1. The Bertz CT molecular complexity index is 1570. The number of allylic oxidation sites excluding steroid dienone is 4. The molecule has 1 aliphatic heterocycles. The van der Waals surface area contributed by atoms with Crippen LogP contribution < -0.4 is 10.0 Å². The number of nitrogens with zero attached hydrogens (tertiary/aromatic N) is 2. The Labute approximate surface area is 254 Å². The Kier molecular flexibility index (Phi) is 9.08. The van der Waals surface area contributed by atoms with Gasteiger partial charge in [0, 0.05) is 28.8 Å². The number of ether oxygens (including phenoxy) is 1. The Morgan fingerprint density at radius 2 is 1.83 bits per heavy atom. The number of aryl methyl sites for hydroxylation is 1. The normalized spacial score (nSPS) is 20.8. The molecule has 0 amide bonds. The zero-order valence-electron chi connectivity index (χ0n) is 25.1. The van der Waals surface area contributed by atoms with Crippen molar-refractivity contribution in [2.24, 2.45) is 5.41 Å². The Balaban J connectivity index is 1.54. The summed E-state index contributed by atoms with van der Waals surface area (Å²) in [7, 11) is -3.95. The van der Waals surface area contributed by atoms with E-state index in [-0.39, 0.29) is 10.4 Å². The highest BCUT2D eigenvalue weighted by atomic mass is 32.2. The molecular weight excluding hydrogens is 565 g/mol. The molecule has 1 unspecified atom stereocenters. The maximum absolute atomic E-state index is 13.5. The van der Waals surface area contributed by atoms with Gasteiger partial charge in [-0.2, -0.15) is 8.42 Å². The lowest BCUT2D eigenvalue weighted by atomic mass is 9.79. The van der Waals surface area contributed by atoms with Gasteiger partial charge in [-0.1, -0.05) is 94.4 Å². The molecule has 0 saturated heterocycles. The highest BCUT2D eigenvalue weighted by Gasteiger charge is 2.35. The van der Waals surface area contributed by atoms with E-state index in [9.17, 15) is 8.42 Å². The molecule has 2 aliphatic rings.